The molecule has 20 heavy (non-hydrogen) atoms. The maximum absolute atomic E-state index is 12.9. The quantitative estimate of drug-likeness (QED) is 0.822. The highest BCUT2D eigenvalue weighted by atomic mass is 35.5. The third-order valence-electron chi connectivity index (χ3n) is 2.79. The van der Waals surface area contributed by atoms with Crippen LogP contribution in [-0.4, -0.2) is 25.0 Å². The van der Waals surface area contributed by atoms with Gasteiger partial charge in [-0.15, -0.1) is 0 Å². The van der Waals surface area contributed by atoms with Gasteiger partial charge in [0.2, 0.25) is 0 Å². The minimum atomic E-state index is -0.508. The Kier molecular flexibility index (Phi) is 6.45. The monoisotopic (exact) mass is 301 g/mol. The number of hydrogen-bond donors (Lipinski definition) is 1. The van der Waals surface area contributed by atoms with E-state index in [0.29, 0.717) is 6.42 Å². The summed E-state index contributed by atoms with van der Waals surface area (Å²) < 4.78 is 17.5. The lowest BCUT2D eigenvalue weighted by molar-refractivity contribution is -0.141. The molecule has 0 saturated carbocycles. The molecule has 1 unspecified atom stereocenters. The van der Waals surface area contributed by atoms with Gasteiger partial charge >= 0.3 is 5.97 Å². The Morgan fingerprint density at radius 2 is 2.15 bits per heavy atom. The van der Waals surface area contributed by atoms with Crippen LogP contribution in [0.25, 0.3) is 0 Å². The lowest BCUT2D eigenvalue weighted by Gasteiger charge is -2.17. The summed E-state index contributed by atoms with van der Waals surface area (Å²) in [5, 5.41) is 2.75. The van der Waals surface area contributed by atoms with Gasteiger partial charge in [0.15, 0.2) is 0 Å². The standard InChI is InChI=1S/C14H17ClFNO3/c1-3-4-10(8-13(18)20-2)17-14(19)11-6-5-9(16)7-12(11)15/h5-7,10H,3-4,8H2,1-2H3,(H,17,19). The Morgan fingerprint density at radius 3 is 2.70 bits per heavy atom. The van der Waals surface area contributed by atoms with Gasteiger partial charge in [-0.25, -0.2) is 4.39 Å². The summed E-state index contributed by atoms with van der Waals surface area (Å²) in [4.78, 5) is 23.3. The minimum absolute atomic E-state index is 0.0378. The Bertz CT molecular complexity index is 493. The number of carbonyl (C=O) groups excluding carboxylic acids is 2. The van der Waals surface area contributed by atoms with E-state index in [4.69, 9.17) is 11.6 Å². The molecule has 1 N–H and O–H groups in total. The maximum atomic E-state index is 12.9. The number of halogens is 2. The first-order valence-electron chi connectivity index (χ1n) is 6.30. The highest BCUT2D eigenvalue weighted by molar-refractivity contribution is 6.33. The summed E-state index contributed by atoms with van der Waals surface area (Å²) in [7, 11) is 1.30. The summed E-state index contributed by atoms with van der Waals surface area (Å²) >= 11 is 5.83. The van der Waals surface area contributed by atoms with Crippen molar-refractivity contribution in [2.45, 2.75) is 32.2 Å². The molecule has 0 radical (unpaired) electrons. The van der Waals surface area contributed by atoms with Gasteiger partial charge in [-0.2, -0.15) is 0 Å². The number of rotatable bonds is 6. The number of amides is 1. The van der Waals surface area contributed by atoms with Gasteiger partial charge in [0.25, 0.3) is 5.91 Å². The van der Waals surface area contributed by atoms with Crippen LogP contribution in [0, 0.1) is 5.82 Å². The van der Waals surface area contributed by atoms with Crippen LogP contribution in [0.2, 0.25) is 5.02 Å². The molecule has 110 valence electrons. The lowest BCUT2D eigenvalue weighted by atomic mass is 10.1. The highest BCUT2D eigenvalue weighted by Gasteiger charge is 2.18. The second-order valence-electron chi connectivity index (χ2n) is 4.36. The van der Waals surface area contributed by atoms with E-state index in [9.17, 15) is 14.0 Å². The number of nitrogens with one attached hydrogen (secondary N) is 1. The number of benzene rings is 1. The predicted octanol–water partition coefficient (Wildman–Crippen LogP) is 2.94. The zero-order valence-corrected chi connectivity index (χ0v) is 12.2. The zero-order valence-electron chi connectivity index (χ0n) is 11.4. The number of ether oxygens (including phenoxy) is 1. The van der Waals surface area contributed by atoms with Crippen molar-refractivity contribution in [3.05, 3.63) is 34.6 Å². The zero-order chi connectivity index (χ0) is 15.1. The van der Waals surface area contributed by atoms with E-state index in [2.05, 4.69) is 10.1 Å². The molecular formula is C14H17ClFNO3. The first-order valence-corrected chi connectivity index (χ1v) is 6.68. The topological polar surface area (TPSA) is 55.4 Å². The van der Waals surface area contributed by atoms with E-state index < -0.39 is 17.7 Å². The van der Waals surface area contributed by atoms with Gasteiger partial charge < -0.3 is 10.1 Å². The molecule has 0 aliphatic heterocycles. The van der Waals surface area contributed by atoms with Gasteiger partial charge in [-0.1, -0.05) is 24.9 Å². The van der Waals surface area contributed by atoms with Crippen molar-refractivity contribution in [2.75, 3.05) is 7.11 Å². The second-order valence-corrected chi connectivity index (χ2v) is 4.77. The fraction of sp³-hybridized carbons (Fsp3) is 0.429. The first kappa shape index (κ1) is 16.4. The summed E-state index contributed by atoms with van der Waals surface area (Å²) in [6.07, 6.45) is 1.54. The number of carbonyl (C=O) groups is 2. The third-order valence-corrected chi connectivity index (χ3v) is 3.10. The molecule has 1 aromatic carbocycles. The Balaban J connectivity index is 2.76. The molecular weight excluding hydrogens is 285 g/mol. The van der Waals surface area contributed by atoms with Crippen LogP contribution in [0.1, 0.15) is 36.5 Å². The molecule has 1 atom stereocenters. The van der Waals surface area contributed by atoms with Crippen LogP contribution in [-0.2, 0) is 9.53 Å². The molecule has 0 saturated heterocycles. The summed E-state index contributed by atoms with van der Waals surface area (Å²) in [5.74, 6) is -1.34. The van der Waals surface area contributed by atoms with E-state index in [0.717, 1.165) is 18.6 Å². The fourth-order valence-electron chi connectivity index (χ4n) is 1.80. The van der Waals surface area contributed by atoms with E-state index in [-0.39, 0.29) is 23.0 Å². The van der Waals surface area contributed by atoms with Crippen molar-refractivity contribution in [3.8, 4) is 0 Å². The molecule has 0 aliphatic rings. The minimum Gasteiger partial charge on any atom is -0.469 e. The Morgan fingerprint density at radius 1 is 1.45 bits per heavy atom. The van der Waals surface area contributed by atoms with E-state index in [1.807, 2.05) is 6.92 Å². The van der Waals surface area contributed by atoms with Gasteiger partial charge in [0, 0.05) is 6.04 Å². The molecule has 0 spiro atoms. The van der Waals surface area contributed by atoms with Crippen molar-refractivity contribution in [1.82, 2.24) is 5.32 Å². The SMILES string of the molecule is CCCC(CC(=O)OC)NC(=O)c1ccc(F)cc1Cl. The van der Waals surface area contributed by atoms with Gasteiger partial charge in [0.05, 0.1) is 24.1 Å². The summed E-state index contributed by atoms with van der Waals surface area (Å²) in [6, 6.07) is 3.22. The predicted molar refractivity (Wildman–Crippen MR) is 74.2 cm³/mol. The van der Waals surface area contributed by atoms with Crippen molar-refractivity contribution < 1.29 is 18.7 Å². The second kappa shape index (κ2) is 7.85. The van der Waals surface area contributed by atoms with Crippen LogP contribution < -0.4 is 5.32 Å². The molecule has 1 rings (SSSR count). The molecule has 0 aliphatic carbocycles. The van der Waals surface area contributed by atoms with Crippen molar-refractivity contribution in [1.29, 1.82) is 0 Å². The highest BCUT2D eigenvalue weighted by Crippen LogP contribution is 2.17. The van der Waals surface area contributed by atoms with Crippen molar-refractivity contribution >= 4 is 23.5 Å². The summed E-state index contributed by atoms with van der Waals surface area (Å²) in [5.41, 5.74) is 0.180. The molecule has 4 nitrogen and oxygen atoms in total. The molecule has 6 heteroatoms. The molecule has 1 amide bonds. The third kappa shape index (κ3) is 4.81. The molecule has 1 aromatic rings. The lowest BCUT2D eigenvalue weighted by Crippen LogP contribution is -2.36. The van der Waals surface area contributed by atoms with E-state index in [1.165, 1.54) is 13.2 Å². The summed E-state index contributed by atoms with van der Waals surface area (Å²) in [6.45, 7) is 1.95. The van der Waals surface area contributed by atoms with Gasteiger partial charge in [0.1, 0.15) is 5.82 Å². The smallest absolute Gasteiger partial charge is 0.307 e. The maximum Gasteiger partial charge on any atom is 0.307 e. The van der Waals surface area contributed by atoms with Crippen molar-refractivity contribution in [2.24, 2.45) is 0 Å². The Hall–Kier alpha value is -1.62. The molecule has 0 bridgehead atoms. The van der Waals surface area contributed by atoms with Crippen LogP contribution in [0.5, 0.6) is 0 Å². The van der Waals surface area contributed by atoms with Crippen molar-refractivity contribution in [3.63, 3.8) is 0 Å². The average molecular weight is 302 g/mol. The van der Waals surface area contributed by atoms with Crippen LogP contribution in [0.15, 0.2) is 18.2 Å². The van der Waals surface area contributed by atoms with Crippen LogP contribution >= 0.6 is 11.6 Å². The molecule has 0 fully saturated rings. The number of esters is 1. The van der Waals surface area contributed by atoms with Crippen LogP contribution in [0.4, 0.5) is 4.39 Å². The normalized spacial score (nSPS) is 11.8. The average Bonchev–Trinajstić information content (AvgIpc) is 2.38. The first-order chi connectivity index (χ1) is 9.47. The number of hydrogen-bond acceptors (Lipinski definition) is 3. The van der Waals surface area contributed by atoms with E-state index >= 15 is 0 Å². The molecule has 0 aromatic heterocycles. The Labute approximate surface area is 122 Å². The van der Waals surface area contributed by atoms with Gasteiger partial charge in [-0.3, -0.25) is 9.59 Å². The number of methoxy groups -OCH3 is 1. The fourth-order valence-corrected chi connectivity index (χ4v) is 2.05. The van der Waals surface area contributed by atoms with Gasteiger partial charge in [-0.05, 0) is 24.6 Å². The van der Waals surface area contributed by atoms with Crippen LogP contribution in [0.3, 0.4) is 0 Å². The van der Waals surface area contributed by atoms with E-state index in [1.54, 1.807) is 0 Å². The molecule has 0 heterocycles. The largest absolute Gasteiger partial charge is 0.469 e.